The van der Waals surface area contributed by atoms with Crippen LogP contribution in [0.2, 0.25) is 0 Å². The number of para-hydroxylation sites is 1. The van der Waals surface area contributed by atoms with E-state index in [1.165, 1.54) is 23.1 Å². The van der Waals surface area contributed by atoms with Gasteiger partial charge in [-0.25, -0.2) is 0 Å². The molecule has 0 heterocycles. The van der Waals surface area contributed by atoms with Gasteiger partial charge in [-0.1, -0.05) is 133 Å². The van der Waals surface area contributed by atoms with Crippen molar-refractivity contribution in [2.24, 2.45) is 4.99 Å². The van der Waals surface area contributed by atoms with E-state index in [1.54, 1.807) is 0 Å². The van der Waals surface area contributed by atoms with Crippen LogP contribution in [0, 0.1) is 12.3 Å². The molecule has 39 heavy (non-hydrogen) atoms. The number of nitrogens with one attached hydrogen (secondary N) is 1. The molecule has 0 bridgehead atoms. The van der Waals surface area contributed by atoms with Crippen LogP contribution in [-0.4, -0.2) is 18.7 Å². The average Bonchev–Trinajstić information content (AvgIpc) is 2.92. The summed E-state index contributed by atoms with van der Waals surface area (Å²) in [5.41, 5.74) is 7.75. The van der Waals surface area contributed by atoms with Gasteiger partial charge in [0.1, 0.15) is 11.7 Å². The SMILES string of the molecule is CC.CCC.CCc1ccc(Br)cc1C(=NC)N(C(=N)c1ccccc1C)c1c(C(C)C)cccc1C(C)C. The fraction of sp³-hybridized carbons (Fsp3) is 0.429. The third-order valence-electron chi connectivity index (χ3n) is 6.31. The second kappa shape index (κ2) is 17.1. The maximum Gasteiger partial charge on any atom is 0.141 e. The van der Waals surface area contributed by atoms with E-state index in [0.29, 0.717) is 17.7 Å². The van der Waals surface area contributed by atoms with E-state index in [-0.39, 0.29) is 0 Å². The number of amidine groups is 2. The van der Waals surface area contributed by atoms with E-state index in [9.17, 15) is 5.41 Å². The number of aryl methyl sites for hydroxylation is 2. The van der Waals surface area contributed by atoms with E-state index in [4.69, 9.17) is 4.99 Å². The molecule has 0 aliphatic rings. The van der Waals surface area contributed by atoms with Crippen molar-refractivity contribution in [3.63, 3.8) is 0 Å². The van der Waals surface area contributed by atoms with Gasteiger partial charge in [0.2, 0.25) is 0 Å². The predicted octanol–water partition coefficient (Wildman–Crippen LogP) is 10.9. The van der Waals surface area contributed by atoms with Crippen molar-refractivity contribution in [1.29, 1.82) is 5.41 Å². The number of halogens is 1. The minimum Gasteiger partial charge on any atom is -0.283 e. The first-order valence-corrected chi connectivity index (χ1v) is 15.2. The van der Waals surface area contributed by atoms with Gasteiger partial charge in [0.05, 0.1) is 5.69 Å². The summed E-state index contributed by atoms with van der Waals surface area (Å²) in [5, 5.41) is 9.54. The van der Waals surface area contributed by atoms with Crippen LogP contribution in [0.3, 0.4) is 0 Å². The molecule has 0 aromatic heterocycles. The molecular weight excluding hydrogens is 542 g/mol. The van der Waals surface area contributed by atoms with Crippen LogP contribution in [-0.2, 0) is 6.42 Å². The summed E-state index contributed by atoms with van der Waals surface area (Å²) in [6, 6.07) is 21.0. The normalized spacial score (nSPS) is 11.0. The maximum absolute atomic E-state index is 9.54. The summed E-state index contributed by atoms with van der Waals surface area (Å²) >= 11 is 3.67. The van der Waals surface area contributed by atoms with Gasteiger partial charge >= 0.3 is 0 Å². The first kappa shape index (κ1) is 34.3. The molecule has 212 valence electrons. The lowest BCUT2D eigenvalue weighted by atomic mass is 9.90. The Morgan fingerprint density at radius 3 is 1.85 bits per heavy atom. The van der Waals surface area contributed by atoms with Gasteiger partial charge in [-0.3, -0.25) is 15.3 Å². The van der Waals surface area contributed by atoms with Crippen molar-refractivity contribution in [2.45, 2.75) is 93.9 Å². The Bertz CT molecular complexity index is 1200. The van der Waals surface area contributed by atoms with Crippen LogP contribution >= 0.6 is 15.9 Å². The number of hydrogen-bond acceptors (Lipinski definition) is 2. The zero-order valence-corrected chi connectivity index (χ0v) is 27.7. The third kappa shape index (κ3) is 8.63. The summed E-state index contributed by atoms with van der Waals surface area (Å²) in [6.45, 7) is 21.4. The topological polar surface area (TPSA) is 39.5 Å². The molecular formula is C35H50BrN3. The van der Waals surface area contributed by atoms with Crippen molar-refractivity contribution in [3.8, 4) is 0 Å². The predicted molar refractivity (Wildman–Crippen MR) is 178 cm³/mol. The lowest BCUT2D eigenvalue weighted by molar-refractivity contribution is 0.833. The summed E-state index contributed by atoms with van der Waals surface area (Å²) in [4.78, 5) is 6.93. The zero-order valence-electron chi connectivity index (χ0n) is 26.1. The molecule has 0 saturated carbocycles. The highest BCUT2D eigenvalue weighted by Gasteiger charge is 2.29. The number of nitrogens with zero attached hydrogens (tertiary/aromatic N) is 2. The van der Waals surface area contributed by atoms with Crippen molar-refractivity contribution in [1.82, 2.24) is 0 Å². The molecule has 3 rings (SSSR count). The standard InChI is InChI=1S/C30H36BrN3.C3H8.C2H6/c1-8-22-16-17-23(31)18-27(22)30(33-7)34(29(32)26-13-10-9-12-21(26)6)28-24(19(2)3)14-11-15-25(28)20(4)5;1-3-2;1-2/h9-20,32H,8H2,1-7H3;3H2,1-2H3;1-2H3. The Kier molecular flexibility index (Phi) is 15.0. The lowest BCUT2D eigenvalue weighted by Gasteiger charge is -2.34. The highest BCUT2D eigenvalue weighted by atomic mass is 79.9. The van der Waals surface area contributed by atoms with E-state index < -0.39 is 0 Å². The first-order chi connectivity index (χ1) is 18.6. The molecule has 0 amide bonds. The third-order valence-corrected chi connectivity index (χ3v) is 6.80. The van der Waals surface area contributed by atoms with Crippen molar-refractivity contribution in [2.75, 3.05) is 11.9 Å². The summed E-state index contributed by atoms with van der Waals surface area (Å²) < 4.78 is 1.00. The van der Waals surface area contributed by atoms with E-state index in [1.807, 2.05) is 39.1 Å². The van der Waals surface area contributed by atoms with Gasteiger partial charge in [0.15, 0.2) is 0 Å². The van der Waals surface area contributed by atoms with Gasteiger partial charge in [-0.05, 0) is 59.6 Å². The molecule has 0 atom stereocenters. The van der Waals surface area contributed by atoms with Crippen LogP contribution in [0.25, 0.3) is 0 Å². The van der Waals surface area contributed by atoms with Gasteiger partial charge in [0.25, 0.3) is 0 Å². The highest BCUT2D eigenvalue weighted by molar-refractivity contribution is 9.10. The Morgan fingerprint density at radius 2 is 1.38 bits per heavy atom. The molecule has 1 N–H and O–H groups in total. The second-order valence-corrected chi connectivity index (χ2v) is 10.9. The number of benzene rings is 3. The Morgan fingerprint density at radius 1 is 0.846 bits per heavy atom. The average molecular weight is 593 g/mol. The molecule has 0 aliphatic carbocycles. The van der Waals surface area contributed by atoms with Crippen molar-refractivity contribution in [3.05, 3.63) is 98.5 Å². The van der Waals surface area contributed by atoms with Crippen molar-refractivity contribution < 1.29 is 0 Å². The minimum absolute atomic E-state index is 0.298. The van der Waals surface area contributed by atoms with Gasteiger partial charge in [0, 0.05) is 22.6 Å². The molecule has 0 fully saturated rings. The van der Waals surface area contributed by atoms with Gasteiger partial charge in [-0.15, -0.1) is 0 Å². The fourth-order valence-corrected chi connectivity index (χ4v) is 4.82. The monoisotopic (exact) mass is 591 g/mol. The molecule has 3 nitrogen and oxygen atoms in total. The quantitative estimate of drug-likeness (QED) is 0.224. The highest BCUT2D eigenvalue weighted by Crippen LogP contribution is 2.38. The van der Waals surface area contributed by atoms with E-state index in [2.05, 4.69) is 119 Å². The lowest BCUT2D eigenvalue weighted by Crippen LogP contribution is -2.40. The Balaban J connectivity index is 0.00000142. The summed E-state index contributed by atoms with van der Waals surface area (Å²) in [7, 11) is 1.83. The molecule has 0 unspecified atom stereocenters. The first-order valence-electron chi connectivity index (χ1n) is 14.5. The molecule has 0 spiro atoms. The van der Waals surface area contributed by atoms with E-state index >= 15 is 0 Å². The van der Waals surface area contributed by atoms with Crippen LogP contribution < -0.4 is 4.90 Å². The van der Waals surface area contributed by atoms with Crippen molar-refractivity contribution >= 4 is 33.3 Å². The van der Waals surface area contributed by atoms with Crippen LogP contribution in [0.5, 0.6) is 0 Å². The largest absolute Gasteiger partial charge is 0.283 e. The second-order valence-electron chi connectivity index (χ2n) is 10.0. The van der Waals surface area contributed by atoms with Gasteiger partial charge in [-0.2, -0.15) is 0 Å². The zero-order chi connectivity index (χ0) is 29.7. The molecule has 0 aliphatic heterocycles. The van der Waals surface area contributed by atoms with Gasteiger partial charge < -0.3 is 0 Å². The fourth-order valence-electron chi connectivity index (χ4n) is 4.46. The van der Waals surface area contributed by atoms with Crippen LogP contribution in [0.1, 0.15) is 114 Å². The van der Waals surface area contributed by atoms with Crippen LogP contribution in [0.4, 0.5) is 5.69 Å². The Hall–Kier alpha value is -2.72. The summed E-state index contributed by atoms with van der Waals surface area (Å²) in [6.07, 6.45) is 2.13. The molecule has 3 aromatic rings. The molecule has 0 radical (unpaired) electrons. The van der Waals surface area contributed by atoms with Crippen LogP contribution in [0.15, 0.2) is 70.1 Å². The minimum atomic E-state index is 0.298. The number of anilines is 1. The molecule has 4 heteroatoms. The number of hydrogen-bond donors (Lipinski definition) is 1. The smallest absolute Gasteiger partial charge is 0.141 e. The number of aliphatic imine (C=N–C) groups is 1. The molecule has 0 saturated heterocycles. The van der Waals surface area contributed by atoms with E-state index in [0.717, 1.165) is 39.1 Å². The Labute approximate surface area is 247 Å². The summed E-state index contributed by atoms with van der Waals surface area (Å²) in [5.74, 6) is 1.83. The molecule has 3 aromatic carbocycles. The number of rotatable bonds is 6. The maximum atomic E-state index is 9.54.